The summed E-state index contributed by atoms with van der Waals surface area (Å²) in [6.07, 6.45) is 3.47. The first-order valence-corrected chi connectivity index (χ1v) is 8.63. The first kappa shape index (κ1) is 16.0. The van der Waals surface area contributed by atoms with E-state index in [2.05, 4.69) is 4.72 Å². The molecule has 2 rings (SSSR count). The molecule has 1 aromatic rings. The van der Waals surface area contributed by atoms with Gasteiger partial charge in [0.2, 0.25) is 10.0 Å². The number of sulfonamides is 1. The molecule has 1 fully saturated rings. The number of rotatable bonds is 9. The Morgan fingerprint density at radius 2 is 2.00 bits per heavy atom. The quantitative estimate of drug-likeness (QED) is 0.706. The fraction of sp³-hybridized carbons (Fsp3) is 0.533. The van der Waals surface area contributed by atoms with Crippen LogP contribution in [0.5, 0.6) is 0 Å². The van der Waals surface area contributed by atoms with Crippen molar-refractivity contribution >= 4 is 10.0 Å². The molecule has 21 heavy (non-hydrogen) atoms. The molecule has 1 aliphatic carbocycles. The second-order valence-electron chi connectivity index (χ2n) is 5.25. The van der Waals surface area contributed by atoms with Crippen molar-refractivity contribution in [1.29, 1.82) is 5.26 Å². The number of hydrogen-bond donors (Lipinski definition) is 1. The second kappa shape index (κ2) is 7.55. The smallest absolute Gasteiger partial charge is 0.240 e. The van der Waals surface area contributed by atoms with Gasteiger partial charge in [0.15, 0.2) is 0 Å². The van der Waals surface area contributed by atoms with E-state index in [0.29, 0.717) is 19.6 Å². The lowest BCUT2D eigenvalue weighted by atomic mass is 10.2. The maximum atomic E-state index is 12.0. The van der Waals surface area contributed by atoms with Crippen molar-refractivity contribution in [3.05, 3.63) is 29.8 Å². The molecule has 0 aromatic heterocycles. The summed E-state index contributed by atoms with van der Waals surface area (Å²) in [7, 11) is -3.47. The predicted molar refractivity (Wildman–Crippen MR) is 79.1 cm³/mol. The third-order valence-electron chi connectivity index (χ3n) is 3.32. The average molecular weight is 308 g/mol. The van der Waals surface area contributed by atoms with Gasteiger partial charge in [-0.05, 0) is 42.9 Å². The van der Waals surface area contributed by atoms with E-state index < -0.39 is 10.0 Å². The Bertz CT molecular complexity index is 586. The predicted octanol–water partition coefficient (Wildman–Crippen LogP) is 1.85. The van der Waals surface area contributed by atoms with Gasteiger partial charge in [-0.2, -0.15) is 5.26 Å². The highest BCUT2D eigenvalue weighted by Crippen LogP contribution is 2.28. The summed E-state index contributed by atoms with van der Waals surface area (Å²) in [6.45, 7) is 1.75. The Morgan fingerprint density at radius 3 is 2.62 bits per heavy atom. The molecule has 1 N–H and O–H groups in total. The summed E-state index contributed by atoms with van der Waals surface area (Å²) in [4.78, 5) is 0.225. The summed E-state index contributed by atoms with van der Waals surface area (Å²) < 4.78 is 32.1. The summed E-state index contributed by atoms with van der Waals surface area (Å²) in [5.74, 6) is 0.730. The molecular formula is C15H20N2O3S. The third-order valence-corrected chi connectivity index (χ3v) is 4.80. The Hall–Kier alpha value is -1.42. The normalized spacial score (nSPS) is 14.8. The van der Waals surface area contributed by atoms with Crippen LogP contribution in [0.1, 0.15) is 24.8 Å². The molecule has 0 bridgehead atoms. The highest BCUT2D eigenvalue weighted by atomic mass is 32.2. The highest BCUT2D eigenvalue weighted by Gasteiger charge is 2.20. The zero-order chi connectivity index (χ0) is 15.1. The number of ether oxygens (including phenoxy) is 1. The maximum absolute atomic E-state index is 12.0. The SMILES string of the molecule is N#CCc1ccc(S(=O)(=O)NCCCOCC2CC2)cc1. The van der Waals surface area contributed by atoms with Crippen LogP contribution in [-0.2, 0) is 21.2 Å². The van der Waals surface area contributed by atoms with E-state index in [1.807, 2.05) is 6.07 Å². The Kier molecular flexibility index (Phi) is 5.74. The van der Waals surface area contributed by atoms with Crippen molar-refractivity contribution in [2.75, 3.05) is 19.8 Å². The molecule has 0 saturated heterocycles. The molecule has 0 atom stereocenters. The maximum Gasteiger partial charge on any atom is 0.240 e. The van der Waals surface area contributed by atoms with Gasteiger partial charge >= 0.3 is 0 Å². The third kappa shape index (κ3) is 5.46. The molecule has 0 amide bonds. The summed E-state index contributed by atoms with van der Waals surface area (Å²) >= 11 is 0. The molecule has 0 spiro atoms. The van der Waals surface area contributed by atoms with Crippen molar-refractivity contribution < 1.29 is 13.2 Å². The molecule has 5 nitrogen and oxygen atoms in total. The first-order valence-electron chi connectivity index (χ1n) is 7.15. The largest absolute Gasteiger partial charge is 0.381 e. The van der Waals surface area contributed by atoms with Gasteiger partial charge in [-0.15, -0.1) is 0 Å². The number of hydrogen-bond acceptors (Lipinski definition) is 4. The van der Waals surface area contributed by atoms with Gasteiger partial charge in [0, 0.05) is 19.8 Å². The number of nitrogens with zero attached hydrogens (tertiary/aromatic N) is 1. The van der Waals surface area contributed by atoms with Gasteiger partial charge in [0.05, 0.1) is 17.4 Å². The number of nitriles is 1. The Labute approximate surface area is 126 Å². The summed E-state index contributed by atoms with van der Waals surface area (Å²) in [6, 6.07) is 8.41. The van der Waals surface area contributed by atoms with E-state index in [1.165, 1.54) is 25.0 Å². The van der Waals surface area contributed by atoms with Crippen LogP contribution in [0.25, 0.3) is 0 Å². The van der Waals surface area contributed by atoms with Crippen LogP contribution < -0.4 is 4.72 Å². The van der Waals surface area contributed by atoms with Crippen LogP contribution in [-0.4, -0.2) is 28.2 Å². The Balaban J connectivity index is 1.73. The molecule has 0 unspecified atom stereocenters. The van der Waals surface area contributed by atoms with Crippen molar-refractivity contribution in [3.8, 4) is 6.07 Å². The number of benzene rings is 1. The van der Waals surface area contributed by atoms with Gasteiger partial charge < -0.3 is 4.74 Å². The topological polar surface area (TPSA) is 79.2 Å². The minimum Gasteiger partial charge on any atom is -0.381 e. The zero-order valence-electron chi connectivity index (χ0n) is 11.9. The van der Waals surface area contributed by atoms with E-state index in [9.17, 15) is 8.42 Å². The summed E-state index contributed by atoms with van der Waals surface area (Å²) in [5.41, 5.74) is 0.810. The molecule has 0 radical (unpaired) electrons. The number of nitrogens with one attached hydrogen (secondary N) is 1. The van der Waals surface area contributed by atoms with Gasteiger partial charge in [-0.1, -0.05) is 12.1 Å². The summed E-state index contributed by atoms with van der Waals surface area (Å²) in [5, 5.41) is 8.58. The molecule has 0 aliphatic heterocycles. The van der Waals surface area contributed by atoms with Crippen LogP contribution in [0.4, 0.5) is 0 Å². The standard InChI is InChI=1S/C15H20N2O3S/c16-9-8-13-4-6-15(7-5-13)21(18,19)17-10-1-11-20-12-14-2-3-14/h4-7,14,17H,1-3,8,10-12H2. The van der Waals surface area contributed by atoms with E-state index >= 15 is 0 Å². The van der Waals surface area contributed by atoms with Gasteiger partial charge in [-0.25, -0.2) is 13.1 Å². The van der Waals surface area contributed by atoms with Crippen molar-refractivity contribution in [1.82, 2.24) is 4.72 Å². The molecule has 0 heterocycles. The van der Waals surface area contributed by atoms with Gasteiger partial charge in [0.1, 0.15) is 0 Å². The van der Waals surface area contributed by atoms with Crippen LogP contribution in [0.15, 0.2) is 29.2 Å². The lowest BCUT2D eigenvalue weighted by Crippen LogP contribution is -2.25. The van der Waals surface area contributed by atoms with Crippen LogP contribution >= 0.6 is 0 Å². The molecule has 114 valence electrons. The first-order chi connectivity index (χ1) is 10.1. The van der Waals surface area contributed by atoms with E-state index in [1.54, 1.807) is 12.1 Å². The van der Waals surface area contributed by atoms with E-state index in [0.717, 1.165) is 18.1 Å². The van der Waals surface area contributed by atoms with Crippen molar-refractivity contribution in [3.63, 3.8) is 0 Å². The fourth-order valence-corrected chi connectivity index (χ4v) is 2.95. The molecule has 1 saturated carbocycles. The fourth-order valence-electron chi connectivity index (χ4n) is 1.88. The van der Waals surface area contributed by atoms with Gasteiger partial charge in [-0.3, -0.25) is 0 Å². The average Bonchev–Trinajstić information content (AvgIpc) is 3.28. The minimum atomic E-state index is -3.47. The van der Waals surface area contributed by atoms with E-state index in [4.69, 9.17) is 10.00 Å². The van der Waals surface area contributed by atoms with Crippen molar-refractivity contribution in [2.45, 2.75) is 30.6 Å². The van der Waals surface area contributed by atoms with Crippen LogP contribution in [0, 0.1) is 17.2 Å². The van der Waals surface area contributed by atoms with Gasteiger partial charge in [0.25, 0.3) is 0 Å². The van der Waals surface area contributed by atoms with Crippen molar-refractivity contribution in [2.24, 2.45) is 5.92 Å². The Morgan fingerprint density at radius 1 is 1.29 bits per heavy atom. The molecular weight excluding hydrogens is 288 g/mol. The van der Waals surface area contributed by atoms with Crippen LogP contribution in [0.3, 0.4) is 0 Å². The molecule has 1 aromatic carbocycles. The highest BCUT2D eigenvalue weighted by molar-refractivity contribution is 7.89. The monoisotopic (exact) mass is 308 g/mol. The second-order valence-corrected chi connectivity index (χ2v) is 7.02. The molecule has 6 heteroatoms. The van der Waals surface area contributed by atoms with Crippen LogP contribution in [0.2, 0.25) is 0 Å². The molecule has 1 aliphatic rings. The minimum absolute atomic E-state index is 0.225. The lowest BCUT2D eigenvalue weighted by Gasteiger charge is -2.07. The van der Waals surface area contributed by atoms with E-state index in [-0.39, 0.29) is 11.3 Å². The zero-order valence-corrected chi connectivity index (χ0v) is 12.7. The lowest BCUT2D eigenvalue weighted by molar-refractivity contribution is 0.123.